The number of hydrogen-bond acceptors (Lipinski definition) is 4. The zero-order valence-corrected chi connectivity index (χ0v) is 18.0. The van der Waals surface area contributed by atoms with Gasteiger partial charge in [-0.2, -0.15) is 4.31 Å². The minimum atomic E-state index is -3.94. The van der Waals surface area contributed by atoms with Crippen molar-refractivity contribution in [1.29, 1.82) is 0 Å². The Morgan fingerprint density at radius 1 is 0.903 bits per heavy atom. The van der Waals surface area contributed by atoms with Crippen molar-refractivity contribution >= 4 is 21.7 Å². The van der Waals surface area contributed by atoms with E-state index < -0.39 is 15.8 Å². The van der Waals surface area contributed by atoms with Crippen molar-refractivity contribution in [2.45, 2.75) is 37.0 Å². The van der Waals surface area contributed by atoms with Crippen LogP contribution in [-0.2, 0) is 27.7 Å². The molecule has 0 radical (unpaired) electrons. The molecule has 1 fully saturated rings. The van der Waals surface area contributed by atoms with Crippen LogP contribution in [0, 0.1) is 5.82 Å². The number of aryl methyl sites for hydroxylation is 2. The second-order valence-corrected chi connectivity index (χ2v) is 9.88. The first-order valence-electron chi connectivity index (χ1n) is 10.5. The van der Waals surface area contributed by atoms with E-state index in [1.807, 2.05) is 18.2 Å². The van der Waals surface area contributed by atoms with Crippen LogP contribution in [0.1, 0.15) is 40.7 Å². The van der Waals surface area contributed by atoms with Gasteiger partial charge >= 0.3 is 0 Å². The maximum atomic E-state index is 13.9. The Morgan fingerprint density at radius 2 is 1.61 bits per heavy atom. The molecule has 1 amide bonds. The van der Waals surface area contributed by atoms with Gasteiger partial charge in [-0.3, -0.25) is 9.59 Å². The molecule has 1 aliphatic heterocycles. The minimum absolute atomic E-state index is 0.0520. The Labute approximate surface area is 181 Å². The lowest BCUT2D eigenvalue weighted by Crippen LogP contribution is -2.50. The number of amides is 1. The summed E-state index contributed by atoms with van der Waals surface area (Å²) in [5, 5.41) is 0. The summed E-state index contributed by atoms with van der Waals surface area (Å²) in [7, 11) is -3.94. The first-order valence-corrected chi connectivity index (χ1v) is 12.0. The Morgan fingerprint density at radius 3 is 2.35 bits per heavy atom. The molecular formula is C23H25FN2O4S. The standard InChI is InChI=1S/C23H25FN2O4S/c24-20-6-1-2-7-22(20)31(29,30)26-14-12-25(13-15-26)23(28)11-10-21(27)19-9-8-17-4-3-5-18(17)16-19/h1-2,6-9,16H,3-5,10-15H2. The molecule has 0 saturated carbocycles. The van der Waals surface area contributed by atoms with Gasteiger partial charge < -0.3 is 4.90 Å². The predicted molar refractivity (Wildman–Crippen MR) is 114 cm³/mol. The van der Waals surface area contributed by atoms with Crippen LogP contribution in [0.3, 0.4) is 0 Å². The molecule has 0 bridgehead atoms. The molecule has 4 rings (SSSR count). The maximum Gasteiger partial charge on any atom is 0.246 e. The van der Waals surface area contributed by atoms with Gasteiger partial charge in [0, 0.05) is 44.6 Å². The highest BCUT2D eigenvalue weighted by molar-refractivity contribution is 7.89. The predicted octanol–water partition coefficient (Wildman–Crippen LogP) is 2.81. The molecule has 2 aromatic carbocycles. The fourth-order valence-corrected chi connectivity index (χ4v) is 5.73. The molecule has 1 aliphatic carbocycles. The van der Waals surface area contributed by atoms with Gasteiger partial charge in [0.25, 0.3) is 0 Å². The lowest BCUT2D eigenvalue weighted by atomic mass is 10.0. The number of benzene rings is 2. The van der Waals surface area contributed by atoms with Crippen LogP contribution < -0.4 is 0 Å². The number of rotatable bonds is 6. The fraction of sp³-hybridized carbons (Fsp3) is 0.391. The fourth-order valence-electron chi connectivity index (χ4n) is 4.24. The zero-order valence-electron chi connectivity index (χ0n) is 17.2. The molecule has 1 heterocycles. The largest absolute Gasteiger partial charge is 0.340 e. The number of ketones is 1. The van der Waals surface area contributed by atoms with E-state index in [0.29, 0.717) is 5.56 Å². The van der Waals surface area contributed by atoms with Crippen LogP contribution >= 0.6 is 0 Å². The molecule has 2 aromatic rings. The minimum Gasteiger partial charge on any atom is -0.340 e. The van der Waals surface area contributed by atoms with Gasteiger partial charge in [0.15, 0.2) is 5.78 Å². The van der Waals surface area contributed by atoms with E-state index in [0.717, 1.165) is 25.3 Å². The zero-order chi connectivity index (χ0) is 22.0. The Bertz CT molecular complexity index is 1110. The normalized spacial score (nSPS) is 16.9. The molecule has 0 N–H and O–H groups in total. The van der Waals surface area contributed by atoms with E-state index in [2.05, 4.69) is 0 Å². The van der Waals surface area contributed by atoms with E-state index >= 15 is 0 Å². The van der Waals surface area contributed by atoms with Crippen molar-refractivity contribution in [2.24, 2.45) is 0 Å². The van der Waals surface area contributed by atoms with Crippen molar-refractivity contribution in [3.63, 3.8) is 0 Å². The van der Waals surface area contributed by atoms with Crippen molar-refractivity contribution in [1.82, 2.24) is 9.21 Å². The number of carbonyl (C=O) groups is 2. The lowest BCUT2D eigenvalue weighted by molar-refractivity contribution is -0.132. The Balaban J connectivity index is 1.30. The van der Waals surface area contributed by atoms with E-state index in [-0.39, 0.29) is 55.6 Å². The van der Waals surface area contributed by atoms with E-state index in [1.54, 1.807) is 4.90 Å². The van der Waals surface area contributed by atoms with Crippen LogP contribution in [0.5, 0.6) is 0 Å². The second kappa shape index (κ2) is 8.88. The number of fused-ring (bicyclic) bond motifs is 1. The first kappa shape index (κ1) is 21.6. The highest BCUT2D eigenvalue weighted by Crippen LogP contribution is 2.24. The van der Waals surface area contributed by atoms with Gasteiger partial charge in [-0.05, 0) is 48.6 Å². The summed E-state index contributed by atoms with van der Waals surface area (Å²) in [6.07, 6.45) is 3.39. The molecular weight excluding hydrogens is 419 g/mol. The maximum absolute atomic E-state index is 13.9. The van der Waals surface area contributed by atoms with Gasteiger partial charge in [0.2, 0.25) is 15.9 Å². The van der Waals surface area contributed by atoms with Crippen LogP contribution in [0.25, 0.3) is 0 Å². The summed E-state index contributed by atoms with van der Waals surface area (Å²) in [6.45, 7) is 0.640. The molecule has 164 valence electrons. The number of piperazine rings is 1. The van der Waals surface area contributed by atoms with Gasteiger partial charge in [0.1, 0.15) is 10.7 Å². The van der Waals surface area contributed by atoms with Crippen molar-refractivity contribution < 1.29 is 22.4 Å². The van der Waals surface area contributed by atoms with Crippen molar-refractivity contribution in [2.75, 3.05) is 26.2 Å². The van der Waals surface area contributed by atoms with Crippen molar-refractivity contribution in [3.8, 4) is 0 Å². The number of Topliss-reactive ketones (excluding diaryl/α,β-unsaturated/α-hetero) is 1. The average Bonchev–Trinajstić information content (AvgIpc) is 3.25. The van der Waals surface area contributed by atoms with Crippen molar-refractivity contribution in [3.05, 3.63) is 65.0 Å². The molecule has 0 aromatic heterocycles. The number of nitrogens with zero attached hydrogens (tertiary/aromatic N) is 2. The highest BCUT2D eigenvalue weighted by Gasteiger charge is 2.31. The molecule has 0 atom stereocenters. The van der Waals surface area contributed by atoms with Gasteiger partial charge in [-0.25, -0.2) is 12.8 Å². The van der Waals surface area contributed by atoms with E-state index in [4.69, 9.17) is 0 Å². The quantitative estimate of drug-likeness (QED) is 0.642. The molecule has 0 spiro atoms. The summed E-state index contributed by atoms with van der Waals surface area (Å²) in [5.41, 5.74) is 3.18. The summed E-state index contributed by atoms with van der Waals surface area (Å²) in [5.74, 6) is -1.01. The lowest BCUT2D eigenvalue weighted by Gasteiger charge is -2.34. The summed E-state index contributed by atoms with van der Waals surface area (Å²) >= 11 is 0. The van der Waals surface area contributed by atoms with Crippen LogP contribution in [0.4, 0.5) is 4.39 Å². The summed E-state index contributed by atoms with van der Waals surface area (Å²) in [6, 6.07) is 11.1. The van der Waals surface area contributed by atoms with Gasteiger partial charge in [-0.1, -0.05) is 24.3 Å². The molecule has 1 saturated heterocycles. The molecule has 0 unspecified atom stereocenters. The van der Waals surface area contributed by atoms with Gasteiger partial charge in [0.05, 0.1) is 0 Å². The molecule has 2 aliphatic rings. The SMILES string of the molecule is O=C(CCC(=O)N1CCN(S(=O)(=O)c2ccccc2F)CC1)c1ccc2c(c1)CCC2. The third-order valence-electron chi connectivity index (χ3n) is 6.03. The number of halogens is 1. The molecule has 31 heavy (non-hydrogen) atoms. The number of sulfonamides is 1. The van der Waals surface area contributed by atoms with Crippen LogP contribution in [0.15, 0.2) is 47.4 Å². The van der Waals surface area contributed by atoms with Gasteiger partial charge in [-0.15, -0.1) is 0 Å². The average molecular weight is 445 g/mol. The highest BCUT2D eigenvalue weighted by atomic mass is 32.2. The number of hydrogen-bond donors (Lipinski definition) is 0. The summed E-state index contributed by atoms with van der Waals surface area (Å²) in [4.78, 5) is 26.3. The van der Waals surface area contributed by atoms with E-state index in [1.165, 1.54) is 33.6 Å². The molecule has 8 heteroatoms. The third kappa shape index (κ3) is 4.55. The molecule has 6 nitrogen and oxygen atoms in total. The Kier molecular flexibility index (Phi) is 6.20. The second-order valence-electron chi connectivity index (χ2n) is 7.98. The van der Waals surface area contributed by atoms with Crippen LogP contribution in [0.2, 0.25) is 0 Å². The monoisotopic (exact) mass is 444 g/mol. The van der Waals surface area contributed by atoms with Crippen LogP contribution in [-0.4, -0.2) is 55.5 Å². The topological polar surface area (TPSA) is 74.8 Å². The van der Waals surface area contributed by atoms with E-state index in [9.17, 15) is 22.4 Å². The Hall–Kier alpha value is -2.58. The summed E-state index contributed by atoms with van der Waals surface area (Å²) < 4.78 is 40.5. The smallest absolute Gasteiger partial charge is 0.246 e. The third-order valence-corrected chi connectivity index (χ3v) is 7.96. The number of carbonyl (C=O) groups excluding carboxylic acids is 2. The first-order chi connectivity index (χ1) is 14.9.